The normalized spacial score (nSPS) is 17.4. The molecule has 0 aliphatic heterocycles. The summed E-state index contributed by atoms with van der Waals surface area (Å²) in [6, 6.07) is 0. The van der Waals surface area contributed by atoms with Gasteiger partial charge in [0.25, 0.3) is 6.43 Å². The minimum absolute atomic E-state index is 0.195. The summed E-state index contributed by atoms with van der Waals surface area (Å²) in [6.07, 6.45) is -5.13. The molecule has 134 valence electrons. The zero-order valence-corrected chi connectivity index (χ0v) is 14.9. The van der Waals surface area contributed by atoms with E-state index in [1.165, 1.54) is 0 Å². The van der Waals surface area contributed by atoms with Gasteiger partial charge in [-0.1, -0.05) is 48.0 Å². The second-order valence-electron chi connectivity index (χ2n) is 5.21. The number of unbranched alkanes of at least 4 members (excludes halogenated alkanes) is 6. The fourth-order valence-corrected chi connectivity index (χ4v) is 3.56. The Bertz CT molecular complexity index is 296. The van der Waals surface area contributed by atoms with Gasteiger partial charge < -0.3 is 0 Å². The molecule has 0 N–H and O–H groups in total. The van der Waals surface area contributed by atoms with Crippen LogP contribution in [0.25, 0.3) is 0 Å². The summed E-state index contributed by atoms with van der Waals surface area (Å²) in [6.45, 7) is 0. The van der Waals surface area contributed by atoms with Crippen molar-refractivity contribution in [2.45, 2.75) is 69.9 Å². The second kappa shape index (κ2) is 13.7. The molecule has 0 spiro atoms. The van der Waals surface area contributed by atoms with Crippen molar-refractivity contribution in [1.29, 1.82) is 0 Å². The predicted octanol–water partition coefficient (Wildman–Crippen LogP) is 5.14. The van der Waals surface area contributed by atoms with Gasteiger partial charge in [0.05, 0.1) is 5.75 Å². The lowest BCUT2D eigenvalue weighted by Crippen LogP contribution is -2.36. The fraction of sp³-hybridized carbons (Fsp3) is 1.00. The Morgan fingerprint density at radius 3 is 1.77 bits per heavy atom. The summed E-state index contributed by atoms with van der Waals surface area (Å²) >= 11 is 3.35. The zero-order chi connectivity index (χ0) is 17.0. The quantitative estimate of drug-likeness (QED) is 0.218. The average Bonchev–Trinajstić information content (AvgIpc) is 2.48. The molecule has 22 heavy (non-hydrogen) atoms. The molecule has 0 saturated carbocycles. The first-order chi connectivity index (χ1) is 10.4. The van der Waals surface area contributed by atoms with Crippen LogP contribution in [0.15, 0.2) is 0 Å². The van der Waals surface area contributed by atoms with Crippen molar-refractivity contribution in [2.24, 2.45) is 0 Å². The van der Waals surface area contributed by atoms with Gasteiger partial charge in [-0.15, -0.1) is 0 Å². The smallest absolute Gasteiger partial charge is 0.259 e. The van der Waals surface area contributed by atoms with Gasteiger partial charge in [0.1, 0.15) is 6.17 Å². The van der Waals surface area contributed by atoms with Crippen LogP contribution in [0.3, 0.4) is 0 Å². The summed E-state index contributed by atoms with van der Waals surface area (Å²) < 4.78 is 74.3. The largest absolute Gasteiger partial charge is 0.272 e. The summed E-state index contributed by atoms with van der Waals surface area (Å²) in [5.74, 6) is -0.528. The summed E-state index contributed by atoms with van der Waals surface area (Å²) in [5.41, 5.74) is 0. The van der Waals surface area contributed by atoms with Crippen molar-refractivity contribution in [3.05, 3.63) is 0 Å². The zero-order valence-electron chi connectivity index (χ0n) is 12.5. The minimum atomic E-state index is -3.56. The van der Waals surface area contributed by atoms with E-state index in [0.29, 0.717) is 6.42 Å². The molecule has 0 radical (unpaired) electrons. The van der Waals surface area contributed by atoms with Crippen LogP contribution in [0.2, 0.25) is 0 Å². The lowest BCUT2D eigenvalue weighted by atomic mass is 10.1. The Kier molecular flexibility index (Phi) is 13.9. The van der Waals surface area contributed by atoms with Crippen LogP contribution in [0.5, 0.6) is 0 Å². The lowest BCUT2D eigenvalue weighted by Gasteiger charge is -2.16. The van der Waals surface area contributed by atoms with Gasteiger partial charge in [0, 0.05) is 21.9 Å². The van der Waals surface area contributed by atoms with Crippen LogP contribution in [0.4, 0.5) is 22.0 Å². The van der Waals surface area contributed by atoms with Crippen LogP contribution in [0, 0.1) is 0 Å². The first-order valence-corrected chi connectivity index (χ1v) is 10.1. The molecule has 4 unspecified atom stereocenters. The number of rotatable bonds is 14. The van der Waals surface area contributed by atoms with Crippen molar-refractivity contribution in [3.8, 4) is 0 Å². The molecule has 0 bridgehead atoms. The Labute approximate surface area is 140 Å². The highest BCUT2D eigenvalue weighted by atomic mass is 79.9. The third kappa shape index (κ3) is 10.9. The predicted molar refractivity (Wildman–Crippen MR) is 84.7 cm³/mol. The third-order valence-corrected chi connectivity index (χ3v) is 5.24. The first-order valence-electron chi connectivity index (χ1n) is 7.51. The Morgan fingerprint density at radius 2 is 1.27 bits per heavy atom. The summed E-state index contributed by atoms with van der Waals surface area (Å²) in [4.78, 5) is 0. The van der Waals surface area contributed by atoms with Gasteiger partial charge >= 0.3 is 0 Å². The average molecular weight is 415 g/mol. The molecule has 1 nitrogen and oxygen atoms in total. The molecule has 0 saturated heterocycles. The lowest BCUT2D eigenvalue weighted by molar-refractivity contribution is -0.0188. The van der Waals surface area contributed by atoms with Gasteiger partial charge in [-0.25, -0.2) is 22.0 Å². The highest BCUT2D eigenvalue weighted by Gasteiger charge is 2.36. The van der Waals surface area contributed by atoms with Crippen LogP contribution in [0.1, 0.15) is 44.9 Å². The van der Waals surface area contributed by atoms with E-state index in [4.69, 9.17) is 0 Å². The fourth-order valence-electron chi connectivity index (χ4n) is 1.93. The standard InChI is InChI=1S/C14H24BrF5OS/c15-8-6-4-2-1-3-5-7-9-22(21)10-11(16)12(17)13(18)14(19)20/h11-14H,1-10H2. The molecule has 4 atom stereocenters. The van der Waals surface area contributed by atoms with E-state index in [-0.39, 0.29) is 5.75 Å². The Morgan fingerprint density at radius 1 is 0.773 bits per heavy atom. The topological polar surface area (TPSA) is 17.1 Å². The molecule has 0 aliphatic carbocycles. The summed E-state index contributed by atoms with van der Waals surface area (Å²) in [7, 11) is -1.64. The van der Waals surface area contributed by atoms with Gasteiger partial charge in [-0.2, -0.15) is 0 Å². The number of hydrogen-bond acceptors (Lipinski definition) is 1. The molecular formula is C14H24BrF5OS. The van der Waals surface area contributed by atoms with Gasteiger partial charge in [-0.05, 0) is 12.8 Å². The van der Waals surface area contributed by atoms with Crippen molar-refractivity contribution in [1.82, 2.24) is 0 Å². The van der Waals surface area contributed by atoms with Crippen molar-refractivity contribution in [3.63, 3.8) is 0 Å². The van der Waals surface area contributed by atoms with E-state index in [1.54, 1.807) is 0 Å². The van der Waals surface area contributed by atoms with E-state index in [9.17, 15) is 26.2 Å². The van der Waals surface area contributed by atoms with Gasteiger partial charge in [0.15, 0.2) is 12.3 Å². The van der Waals surface area contributed by atoms with E-state index >= 15 is 0 Å². The van der Waals surface area contributed by atoms with E-state index < -0.39 is 41.5 Å². The molecule has 8 heteroatoms. The van der Waals surface area contributed by atoms with Crippen LogP contribution < -0.4 is 0 Å². The Balaban J connectivity index is 3.68. The second-order valence-corrected chi connectivity index (χ2v) is 7.63. The minimum Gasteiger partial charge on any atom is -0.259 e. The molecule has 0 amide bonds. The highest BCUT2D eigenvalue weighted by molar-refractivity contribution is 9.09. The molecule has 0 rings (SSSR count). The molecule has 0 aliphatic rings. The van der Waals surface area contributed by atoms with E-state index in [2.05, 4.69) is 15.9 Å². The number of hydrogen-bond donors (Lipinski definition) is 0. The van der Waals surface area contributed by atoms with E-state index in [0.717, 1.165) is 43.9 Å². The third-order valence-electron chi connectivity index (χ3n) is 3.24. The molecular weight excluding hydrogens is 391 g/mol. The van der Waals surface area contributed by atoms with Crippen molar-refractivity contribution < 1.29 is 26.2 Å². The van der Waals surface area contributed by atoms with Crippen LogP contribution in [-0.4, -0.2) is 46.0 Å². The first kappa shape index (κ1) is 22.3. The maximum Gasteiger partial charge on any atom is 0.272 e. The Hall–Kier alpha value is 0.280. The monoisotopic (exact) mass is 414 g/mol. The van der Waals surface area contributed by atoms with Crippen molar-refractivity contribution >= 4 is 26.7 Å². The van der Waals surface area contributed by atoms with Crippen LogP contribution in [-0.2, 0) is 10.8 Å². The molecule has 0 heterocycles. The van der Waals surface area contributed by atoms with Crippen molar-refractivity contribution in [2.75, 3.05) is 16.8 Å². The van der Waals surface area contributed by atoms with E-state index in [1.807, 2.05) is 0 Å². The number of alkyl halides is 6. The molecule has 0 aromatic rings. The molecule has 0 fully saturated rings. The maximum absolute atomic E-state index is 13.3. The molecule has 0 aromatic heterocycles. The summed E-state index contributed by atoms with van der Waals surface area (Å²) in [5, 5.41) is 0.997. The SMILES string of the molecule is O=S(CCCCCCCCCBr)CC(F)C(F)C(F)C(F)F. The van der Waals surface area contributed by atoms with Gasteiger partial charge in [0.2, 0.25) is 0 Å². The highest BCUT2D eigenvalue weighted by Crippen LogP contribution is 2.19. The van der Waals surface area contributed by atoms with Crippen LogP contribution >= 0.6 is 15.9 Å². The maximum atomic E-state index is 13.3. The number of halogens is 6. The van der Waals surface area contributed by atoms with Gasteiger partial charge in [-0.3, -0.25) is 4.21 Å². The molecule has 0 aromatic carbocycles.